The van der Waals surface area contributed by atoms with Gasteiger partial charge in [0.25, 0.3) is 15.9 Å². The van der Waals surface area contributed by atoms with Crippen molar-refractivity contribution in [1.29, 1.82) is 0 Å². The van der Waals surface area contributed by atoms with Crippen molar-refractivity contribution in [3.8, 4) is 0 Å². The van der Waals surface area contributed by atoms with Gasteiger partial charge in [0.2, 0.25) is 0 Å². The first kappa shape index (κ1) is 18.5. The molecule has 134 valence electrons. The van der Waals surface area contributed by atoms with E-state index in [0.717, 1.165) is 6.26 Å². The minimum Gasteiger partial charge on any atom is -0.478 e. The summed E-state index contributed by atoms with van der Waals surface area (Å²) >= 11 is 0. The first-order chi connectivity index (χ1) is 11.6. The monoisotopic (exact) mass is 366 g/mol. The number of sulfonamides is 1. The third kappa shape index (κ3) is 3.50. The van der Waals surface area contributed by atoms with Gasteiger partial charge in [0.1, 0.15) is 11.2 Å². The Balaban J connectivity index is 2.47. The van der Waals surface area contributed by atoms with E-state index >= 15 is 0 Å². The molecule has 0 saturated carbocycles. The molecule has 2 N–H and O–H groups in total. The van der Waals surface area contributed by atoms with E-state index in [1.807, 2.05) is 0 Å². The number of rotatable bonds is 5. The lowest BCUT2D eigenvalue weighted by molar-refractivity contribution is 0.0696. The van der Waals surface area contributed by atoms with E-state index < -0.39 is 21.9 Å². The number of carboxylic acids is 1. The molecule has 8 nitrogen and oxygen atoms in total. The number of carbonyl (C=O) groups is 2. The fourth-order valence-corrected chi connectivity index (χ4v) is 3.56. The maximum atomic E-state index is 12.6. The van der Waals surface area contributed by atoms with Crippen molar-refractivity contribution < 1.29 is 27.5 Å². The molecule has 0 bridgehead atoms. The first-order valence-corrected chi connectivity index (χ1v) is 8.70. The molecule has 0 fully saturated rings. The molecule has 0 aliphatic rings. The van der Waals surface area contributed by atoms with Gasteiger partial charge in [0.15, 0.2) is 5.76 Å². The lowest BCUT2D eigenvalue weighted by Crippen LogP contribution is -2.22. The van der Waals surface area contributed by atoms with E-state index in [1.165, 1.54) is 32.0 Å². The summed E-state index contributed by atoms with van der Waals surface area (Å²) in [6.07, 6.45) is 0.963. The van der Waals surface area contributed by atoms with Crippen LogP contribution in [0.5, 0.6) is 0 Å². The van der Waals surface area contributed by atoms with Gasteiger partial charge in [-0.2, -0.15) is 0 Å². The van der Waals surface area contributed by atoms with Crippen LogP contribution in [0.25, 0.3) is 0 Å². The molecule has 0 aliphatic heterocycles. The molecule has 0 aliphatic carbocycles. The topological polar surface area (TPSA) is 117 Å². The second kappa shape index (κ2) is 6.60. The zero-order chi connectivity index (χ0) is 18.9. The second-order valence-electron chi connectivity index (χ2n) is 5.66. The van der Waals surface area contributed by atoms with Crippen LogP contribution in [0.3, 0.4) is 0 Å². The molecule has 1 aromatic heterocycles. The number of amides is 1. The first-order valence-electron chi connectivity index (χ1n) is 7.21. The number of nitrogens with one attached hydrogen (secondary N) is 1. The van der Waals surface area contributed by atoms with E-state index in [1.54, 1.807) is 19.1 Å². The van der Waals surface area contributed by atoms with Gasteiger partial charge < -0.3 is 14.4 Å². The number of anilines is 1. The van der Waals surface area contributed by atoms with Gasteiger partial charge in [-0.25, -0.2) is 13.2 Å². The third-order valence-electron chi connectivity index (χ3n) is 3.61. The number of nitrogens with zero attached hydrogens (tertiary/aromatic N) is 1. The van der Waals surface area contributed by atoms with Crippen LogP contribution in [0.15, 0.2) is 33.8 Å². The van der Waals surface area contributed by atoms with Gasteiger partial charge in [-0.3, -0.25) is 9.52 Å². The van der Waals surface area contributed by atoms with Gasteiger partial charge >= 0.3 is 5.97 Å². The van der Waals surface area contributed by atoms with Crippen molar-refractivity contribution in [3.63, 3.8) is 0 Å². The van der Waals surface area contributed by atoms with Crippen molar-refractivity contribution in [2.75, 3.05) is 18.8 Å². The Hall–Kier alpha value is -2.81. The summed E-state index contributed by atoms with van der Waals surface area (Å²) < 4.78 is 32.6. The summed E-state index contributed by atoms with van der Waals surface area (Å²) in [6.45, 7) is 3.02. The molecular formula is C16H18N2O6S. The number of benzene rings is 1. The number of hydrogen-bond donors (Lipinski definition) is 2. The Morgan fingerprint density at radius 2 is 1.84 bits per heavy atom. The van der Waals surface area contributed by atoms with Crippen LogP contribution in [0.2, 0.25) is 0 Å². The zero-order valence-corrected chi connectivity index (χ0v) is 15.0. The standard InChI is InChI=1S/C16H18N2O6S/c1-9-6-5-7-11(13(9)16(20)21)17-25(22,23)12-8-24-14(10(12)2)15(19)18(3)4/h5-8,17H,1-4H3,(H,20,21). The predicted octanol–water partition coefficient (Wildman–Crippen LogP) is 2.10. The quantitative estimate of drug-likeness (QED) is 0.837. The van der Waals surface area contributed by atoms with E-state index in [2.05, 4.69) is 4.72 Å². The highest BCUT2D eigenvalue weighted by molar-refractivity contribution is 7.92. The van der Waals surface area contributed by atoms with Crippen LogP contribution >= 0.6 is 0 Å². The van der Waals surface area contributed by atoms with E-state index in [4.69, 9.17) is 4.42 Å². The van der Waals surface area contributed by atoms with Crippen molar-refractivity contribution in [2.45, 2.75) is 18.7 Å². The van der Waals surface area contributed by atoms with Crippen molar-refractivity contribution >= 4 is 27.6 Å². The summed E-state index contributed by atoms with van der Waals surface area (Å²) in [5, 5.41) is 9.30. The van der Waals surface area contributed by atoms with Crippen LogP contribution in [0.4, 0.5) is 5.69 Å². The van der Waals surface area contributed by atoms with Crippen LogP contribution in [-0.4, -0.2) is 44.4 Å². The average Bonchev–Trinajstić information content (AvgIpc) is 2.88. The fraction of sp³-hybridized carbons (Fsp3) is 0.250. The maximum absolute atomic E-state index is 12.6. The van der Waals surface area contributed by atoms with Gasteiger partial charge in [-0.1, -0.05) is 12.1 Å². The normalized spacial score (nSPS) is 11.2. The highest BCUT2D eigenvalue weighted by Crippen LogP contribution is 2.27. The van der Waals surface area contributed by atoms with E-state index in [-0.39, 0.29) is 27.5 Å². The van der Waals surface area contributed by atoms with E-state index in [9.17, 15) is 23.1 Å². The Morgan fingerprint density at radius 1 is 1.20 bits per heavy atom. The molecule has 0 saturated heterocycles. The van der Waals surface area contributed by atoms with Crippen LogP contribution in [0, 0.1) is 13.8 Å². The lowest BCUT2D eigenvalue weighted by Gasteiger charge is -2.12. The minimum absolute atomic E-state index is 0.0615. The van der Waals surface area contributed by atoms with Crippen LogP contribution < -0.4 is 4.72 Å². The van der Waals surface area contributed by atoms with Gasteiger partial charge in [-0.05, 0) is 25.5 Å². The van der Waals surface area contributed by atoms with Crippen molar-refractivity contribution in [2.24, 2.45) is 0 Å². The Morgan fingerprint density at radius 3 is 2.40 bits per heavy atom. The molecule has 0 radical (unpaired) electrons. The van der Waals surface area contributed by atoms with Crippen molar-refractivity contribution in [3.05, 3.63) is 46.9 Å². The number of carboxylic acid groups (broad SMARTS) is 1. The summed E-state index contributed by atoms with van der Waals surface area (Å²) in [5.41, 5.74) is 0.362. The molecule has 2 aromatic rings. The van der Waals surface area contributed by atoms with Gasteiger partial charge in [0.05, 0.1) is 11.3 Å². The van der Waals surface area contributed by atoms with Crippen LogP contribution in [-0.2, 0) is 10.0 Å². The SMILES string of the molecule is Cc1cccc(NS(=O)(=O)c2coc(C(=O)N(C)C)c2C)c1C(=O)O. The van der Waals surface area contributed by atoms with Gasteiger partial charge in [0, 0.05) is 19.7 Å². The highest BCUT2D eigenvalue weighted by atomic mass is 32.2. The molecule has 25 heavy (non-hydrogen) atoms. The fourth-order valence-electron chi connectivity index (χ4n) is 2.32. The van der Waals surface area contributed by atoms with Gasteiger partial charge in [-0.15, -0.1) is 0 Å². The molecule has 1 aromatic carbocycles. The molecule has 0 spiro atoms. The summed E-state index contributed by atoms with van der Waals surface area (Å²) in [5.74, 6) is -1.81. The molecular weight excluding hydrogens is 348 g/mol. The molecule has 9 heteroatoms. The Kier molecular flexibility index (Phi) is 4.89. The third-order valence-corrected chi connectivity index (χ3v) is 5.09. The number of hydrogen-bond acceptors (Lipinski definition) is 5. The average molecular weight is 366 g/mol. The van der Waals surface area contributed by atoms with Crippen LogP contribution in [0.1, 0.15) is 32.0 Å². The predicted molar refractivity (Wildman–Crippen MR) is 90.4 cm³/mol. The molecule has 0 atom stereocenters. The zero-order valence-electron chi connectivity index (χ0n) is 14.2. The highest BCUT2D eigenvalue weighted by Gasteiger charge is 2.27. The number of aryl methyl sites for hydroxylation is 1. The molecule has 1 heterocycles. The number of furan rings is 1. The van der Waals surface area contributed by atoms with E-state index in [0.29, 0.717) is 5.56 Å². The summed E-state index contributed by atoms with van der Waals surface area (Å²) in [6, 6.07) is 4.47. The molecule has 2 rings (SSSR count). The Bertz CT molecular complexity index is 944. The summed E-state index contributed by atoms with van der Waals surface area (Å²) in [7, 11) is -1.10. The maximum Gasteiger partial charge on any atom is 0.338 e. The number of carbonyl (C=O) groups excluding carboxylic acids is 1. The van der Waals surface area contributed by atoms with Crippen molar-refractivity contribution in [1.82, 2.24) is 4.90 Å². The summed E-state index contributed by atoms with van der Waals surface area (Å²) in [4.78, 5) is 24.4. The Labute approximate surface area is 145 Å². The second-order valence-corrected chi connectivity index (χ2v) is 7.31. The molecule has 1 amide bonds. The largest absolute Gasteiger partial charge is 0.478 e. The molecule has 0 unspecified atom stereocenters. The lowest BCUT2D eigenvalue weighted by atomic mass is 10.1. The number of aromatic carboxylic acids is 1. The minimum atomic E-state index is -4.13. The smallest absolute Gasteiger partial charge is 0.338 e.